The fourth-order valence-electron chi connectivity index (χ4n) is 4.94. The van der Waals surface area contributed by atoms with Gasteiger partial charge < -0.3 is 14.9 Å². The van der Waals surface area contributed by atoms with Crippen molar-refractivity contribution >= 4 is 32.6 Å². The highest BCUT2D eigenvalue weighted by molar-refractivity contribution is 9.10. The number of nitrogens with zero attached hydrogens (tertiary/aromatic N) is 2. The summed E-state index contributed by atoms with van der Waals surface area (Å²) in [5.41, 5.74) is 2.92. The van der Waals surface area contributed by atoms with Gasteiger partial charge in [-0.05, 0) is 54.9 Å². The third kappa shape index (κ3) is 3.45. The third-order valence-corrected chi connectivity index (χ3v) is 7.31. The molecule has 2 heterocycles. The van der Waals surface area contributed by atoms with E-state index in [0.29, 0.717) is 18.0 Å². The molecule has 1 saturated heterocycles. The van der Waals surface area contributed by atoms with Gasteiger partial charge in [0.15, 0.2) is 6.23 Å². The molecule has 30 heavy (non-hydrogen) atoms. The molecule has 3 aromatic rings. The second-order valence-corrected chi connectivity index (χ2v) is 9.11. The summed E-state index contributed by atoms with van der Waals surface area (Å²) in [5.74, 6) is 0.499. The molecular weight excluding hydrogens is 440 g/mol. The highest BCUT2D eigenvalue weighted by Gasteiger charge is 2.33. The first-order chi connectivity index (χ1) is 14.6. The van der Waals surface area contributed by atoms with E-state index in [1.165, 1.54) is 10.0 Å². The van der Waals surface area contributed by atoms with Crippen LogP contribution in [0.5, 0.6) is 0 Å². The summed E-state index contributed by atoms with van der Waals surface area (Å²) in [6.07, 6.45) is 1.34. The number of hydrogen-bond acceptors (Lipinski definition) is 3. The molecule has 2 aliphatic rings. The van der Waals surface area contributed by atoms with Crippen molar-refractivity contribution in [1.29, 1.82) is 0 Å². The van der Waals surface area contributed by atoms with Crippen molar-refractivity contribution in [2.75, 3.05) is 26.2 Å². The Morgan fingerprint density at radius 1 is 0.900 bits per heavy atom. The number of aliphatic hydroxyl groups is 1. The Morgan fingerprint density at radius 3 is 2.37 bits per heavy atom. The van der Waals surface area contributed by atoms with Gasteiger partial charge in [0.2, 0.25) is 0 Å². The van der Waals surface area contributed by atoms with Crippen molar-refractivity contribution in [3.8, 4) is 0 Å². The maximum atomic E-state index is 13.1. The molecule has 0 saturated carbocycles. The van der Waals surface area contributed by atoms with Gasteiger partial charge in [-0.2, -0.15) is 0 Å². The topological polar surface area (TPSA) is 43.8 Å². The average Bonchev–Trinajstić information content (AvgIpc) is 2.78. The molecule has 0 radical (unpaired) electrons. The van der Waals surface area contributed by atoms with Crippen molar-refractivity contribution in [2.45, 2.75) is 25.0 Å². The maximum absolute atomic E-state index is 13.1. The van der Waals surface area contributed by atoms with Crippen LogP contribution in [0.2, 0.25) is 0 Å². The van der Waals surface area contributed by atoms with Crippen LogP contribution in [0.15, 0.2) is 65.1 Å². The lowest BCUT2D eigenvalue weighted by molar-refractivity contribution is 0.000255. The highest BCUT2D eigenvalue weighted by Crippen LogP contribution is 2.36. The van der Waals surface area contributed by atoms with E-state index < -0.39 is 6.23 Å². The van der Waals surface area contributed by atoms with E-state index in [2.05, 4.69) is 45.1 Å². The lowest BCUT2D eigenvalue weighted by atomic mass is 9.89. The summed E-state index contributed by atoms with van der Waals surface area (Å²) in [4.78, 5) is 17.1. The number of likely N-dealkylation sites (tertiary alicyclic amines) is 1. The van der Waals surface area contributed by atoms with Crippen molar-refractivity contribution in [2.24, 2.45) is 0 Å². The SMILES string of the molecule is O=C1c2cccc3cccc(c23)C(O)N1CCN1CCC(c2ccccc2Br)CC1. The van der Waals surface area contributed by atoms with Crippen LogP contribution in [0.1, 0.15) is 46.5 Å². The minimum Gasteiger partial charge on any atom is -0.369 e. The number of rotatable bonds is 4. The lowest BCUT2D eigenvalue weighted by Crippen LogP contribution is -2.44. The lowest BCUT2D eigenvalue weighted by Gasteiger charge is -2.37. The van der Waals surface area contributed by atoms with Gasteiger partial charge in [0.05, 0.1) is 0 Å². The number of aliphatic hydroxyl groups excluding tert-OH is 1. The number of hydrogen-bond donors (Lipinski definition) is 1. The number of amides is 1. The summed E-state index contributed by atoms with van der Waals surface area (Å²) in [6.45, 7) is 3.33. The maximum Gasteiger partial charge on any atom is 0.256 e. The molecule has 1 N–H and O–H groups in total. The van der Waals surface area contributed by atoms with Gasteiger partial charge in [0.1, 0.15) is 0 Å². The zero-order valence-corrected chi connectivity index (χ0v) is 18.4. The number of piperidine rings is 1. The van der Waals surface area contributed by atoms with Crippen LogP contribution in [-0.2, 0) is 0 Å². The highest BCUT2D eigenvalue weighted by atomic mass is 79.9. The molecule has 0 spiro atoms. The normalized spacial score (nSPS) is 20.1. The summed E-state index contributed by atoms with van der Waals surface area (Å²) in [6, 6.07) is 20.1. The summed E-state index contributed by atoms with van der Waals surface area (Å²) in [5, 5.41) is 12.8. The number of halogens is 1. The largest absolute Gasteiger partial charge is 0.369 e. The Balaban J connectivity index is 1.26. The Morgan fingerprint density at radius 2 is 1.60 bits per heavy atom. The molecule has 1 atom stereocenters. The molecule has 154 valence electrons. The first-order valence-corrected chi connectivity index (χ1v) is 11.4. The Bertz CT molecular complexity index is 1090. The van der Waals surface area contributed by atoms with Crippen molar-refractivity contribution in [3.63, 3.8) is 0 Å². The fraction of sp³-hybridized carbons (Fsp3) is 0.320. The van der Waals surface area contributed by atoms with Gasteiger partial charge in [-0.25, -0.2) is 0 Å². The Labute approximate surface area is 185 Å². The van der Waals surface area contributed by atoms with Crippen LogP contribution < -0.4 is 0 Å². The molecule has 5 heteroatoms. The van der Waals surface area contributed by atoms with E-state index in [1.807, 2.05) is 36.4 Å². The van der Waals surface area contributed by atoms with E-state index in [0.717, 1.165) is 48.8 Å². The van der Waals surface area contributed by atoms with Crippen LogP contribution in [0.4, 0.5) is 0 Å². The quantitative estimate of drug-likeness (QED) is 0.595. The van der Waals surface area contributed by atoms with Crippen LogP contribution in [-0.4, -0.2) is 47.0 Å². The second-order valence-electron chi connectivity index (χ2n) is 8.26. The molecule has 0 bridgehead atoms. The molecule has 1 unspecified atom stereocenters. The van der Waals surface area contributed by atoms with Crippen LogP contribution in [0.3, 0.4) is 0 Å². The van der Waals surface area contributed by atoms with Crippen molar-refractivity contribution in [3.05, 3.63) is 81.8 Å². The molecule has 1 fully saturated rings. The third-order valence-electron chi connectivity index (χ3n) is 6.59. The molecule has 0 aliphatic carbocycles. The summed E-state index contributed by atoms with van der Waals surface area (Å²) < 4.78 is 1.19. The molecule has 5 rings (SSSR count). The molecule has 4 nitrogen and oxygen atoms in total. The molecule has 1 amide bonds. The predicted molar refractivity (Wildman–Crippen MR) is 123 cm³/mol. The van der Waals surface area contributed by atoms with Gasteiger partial charge in [0.25, 0.3) is 5.91 Å². The molecule has 0 aromatic heterocycles. The van der Waals surface area contributed by atoms with Gasteiger partial charge in [-0.3, -0.25) is 4.79 Å². The van der Waals surface area contributed by atoms with Crippen molar-refractivity contribution in [1.82, 2.24) is 9.80 Å². The standard InChI is InChI=1S/C25H25BrN2O2/c26-22-10-2-1-7-19(22)17-11-13-27(14-12-17)15-16-28-24(29)20-8-3-5-18-6-4-9-21(23(18)20)25(28)30/h1-10,17,24,29H,11-16H2. The summed E-state index contributed by atoms with van der Waals surface area (Å²) >= 11 is 3.68. The van der Waals surface area contributed by atoms with Crippen molar-refractivity contribution < 1.29 is 9.90 Å². The zero-order chi connectivity index (χ0) is 20.7. The van der Waals surface area contributed by atoms with E-state index in [1.54, 1.807) is 4.90 Å². The number of carbonyl (C=O) groups is 1. The van der Waals surface area contributed by atoms with E-state index in [9.17, 15) is 9.90 Å². The average molecular weight is 465 g/mol. The first kappa shape index (κ1) is 19.7. The van der Waals surface area contributed by atoms with E-state index in [-0.39, 0.29) is 5.91 Å². The number of carbonyl (C=O) groups excluding carboxylic acids is 1. The monoisotopic (exact) mass is 464 g/mol. The Kier molecular flexibility index (Phi) is 5.35. The van der Waals surface area contributed by atoms with E-state index >= 15 is 0 Å². The molecule has 3 aromatic carbocycles. The van der Waals surface area contributed by atoms with Crippen LogP contribution in [0.25, 0.3) is 10.8 Å². The van der Waals surface area contributed by atoms with Gasteiger partial charge >= 0.3 is 0 Å². The van der Waals surface area contributed by atoms with Crippen LogP contribution in [0, 0.1) is 0 Å². The molecular formula is C25H25BrN2O2. The predicted octanol–water partition coefficient (Wildman–Crippen LogP) is 4.93. The van der Waals surface area contributed by atoms with E-state index in [4.69, 9.17) is 0 Å². The number of benzene rings is 3. The zero-order valence-electron chi connectivity index (χ0n) is 16.8. The Hall–Kier alpha value is -2.21. The summed E-state index contributed by atoms with van der Waals surface area (Å²) in [7, 11) is 0. The minimum atomic E-state index is -0.881. The second kappa shape index (κ2) is 8.14. The van der Waals surface area contributed by atoms with Gasteiger partial charge in [-0.15, -0.1) is 0 Å². The fourth-order valence-corrected chi connectivity index (χ4v) is 5.55. The van der Waals surface area contributed by atoms with Gasteiger partial charge in [-0.1, -0.05) is 64.5 Å². The first-order valence-electron chi connectivity index (χ1n) is 10.6. The minimum absolute atomic E-state index is 0.0742. The van der Waals surface area contributed by atoms with Gasteiger partial charge in [0, 0.05) is 34.1 Å². The van der Waals surface area contributed by atoms with Crippen LogP contribution >= 0.6 is 15.9 Å². The molecule has 2 aliphatic heterocycles. The smallest absolute Gasteiger partial charge is 0.256 e.